The molecule has 2 heterocycles. The molecule has 3 rings (SSSR count). The second kappa shape index (κ2) is 7.96. The van der Waals surface area contributed by atoms with Gasteiger partial charge in [0.15, 0.2) is 0 Å². The normalized spacial score (nSPS) is 15.0. The maximum atomic E-state index is 13.8. The van der Waals surface area contributed by atoms with Crippen LogP contribution in [-0.4, -0.2) is 30.6 Å². The van der Waals surface area contributed by atoms with Gasteiger partial charge in [0.1, 0.15) is 5.82 Å². The van der Waals surface area contributed by atoms with Crippen molar-refractivity contribution < 1.29 is 9.18 Å². The first-order chi connectivity index (χ1) is 12.1. The van der Waals surface area contributed by atoms with Gasteiger partial charge in [-0.1, -0.05) is 12.1 Å². The number of rotatable bonds is 4. The number of halogens is 1. The quantitative estimate of drug-likeness (QED) is 0.893. The number of carbonyl (C=O) groups excluding carboxylic acids is 1. The minimum Gasteiger partial charge on any atom is -0.371 e. The van der Waals surface area contributed by atoms with Crippen LogP contribution in [0.4, 0.5) is 20.6 Å². The summed E-state index contributed by atoms with van der Waals surface area (Å²) in [6, 6.07) is 8.42. The zero-order chi connectivity index (χ0) is 17.6. The Hall–Kier alpha value is -2.63. The Balaban J connectivity index is 1.45. The molecule has 2 aromatic rings. The molecule has 132 valence electrons. The van der Waals surface area contributed by atoms with Gasteiger partial charge in [-0.25, -0.2) is 9.18 Å². The first-order valence-corrected chi connectivity index (χ1v) is 8.58. The van der Waals surface area contributed by atoms with Crippen LogP contribution in [0.15, 0.2) is 42.7 Å². The van der Waals surface area contributed by atoms with E-state index in [1.54, 1.807) is 31.5 Å². The average molecular weight is 342 g/mol. The summed E-state index contributed by atoms with van der Waals surface area (Å²) < 4.78 is 13.8. The number of hydrogen-bond donors (Lipinski definition) is 2. The van der Waals surface area contributed by atoms with E-state index in [0.29, 0.717) is 18.0 Å². The minimum atomic E-state index is -0.416. The number of anilines is 2. The molecule has 0 spiro atoms. The Bertz CT molecular complexity index is 694. The summed E-state index contributed by atoms with van der Waals surface area (Å²) in [6.45, 7) is 4.30. The Labute approximate surface area is 147 Å². The molecular formula is C19H23FN4O. The standard InChI is InChI=1S/C19H23FN4O/c1-14-3-2-4-17(20)18(14)23-19(25)22-13-15-7-11-24(12-8-15)16-5-9-21-10-6-16/h2-6,9-10,15H,7-8,11-13H2,1H3,(H2,22,23,25). The van der Waals surface area contributed by atoms with Crippen molar-refractivity contribution in [1.82, 2.24) is 10.3 Å². The second-order valence-electron chi connectivity index (χ2n) is 6.40. The predicted molar refractivity (Wildman–Crippen MR) is 97.3 cm³/mol. The fourth-order valence-electron chi connectivity index (χ4n) is 3.14. The lowest BCUT2D eigenvalue weighted by Gasteiger charge is -2.33. The molecule has 0 bridgehead atoms. The lowest BCUT2D eigenvalue weighted by Crippen LogP contribution is -2.40. The summed E-state index contributed by atoms with van der Waals surface area (Å²) in [5.74, 6) is 0.0198. The number of hydrogen-bond acceptors (Lipinski definition) is 3. The highest BCUT2D eigenvalue weighted by molar-refractivity contribution is 5.90. The SMILES string of the molecule is Cc1cccc(F)c1NC(=O)NCC1CCN(c2ccncc2)CC1. The molecule has 1 fully saturated rings. The number of pyridine rings is 1. The third kappa shape index (κ3) is 4.47. The van der Waals surface area contributed by atoms with Gasteiger partial charge in [-0.15, -0.1) is 0 Å². The van der Waals surface area contributed by atoms with Gasteiger partial charge in [0, 0.05) is 37.7 Å². The molecular weight excluding hydrogens is 319 g/mol. The molecule has 2 N–H and O–H groups in total. The van der Waals surface area contributed by atoms with Gasteiger partial charge in [-0.3, -0.25) is 4.98 Å². The molecule has 0 saturated carbocycles. The number of benzene rings is 1. The zero-order valence-corrected chi connectivity index (χ0v) is 14.3. The van der Waals surface area contributed by atoms with Gasteiger partial charge in [0.25, 0.3) is 0 Å². The van der Waals surface area contributed by atoms with E-state index in [4.69, 9.17) is 0 Å². The smallest absolute Gasteiger partial charge is 0.319 e. The molecule has 0 unspecified atom stereocenters. The second-order valence-corrected chi connectivity index (χ2v) is 6.40. The third-order valence-electron chi connectivity index (χ3n) is 4.65. The lowest BCUT2D eigenvalue weighted by atomic mass is 9.96. The van der Waals surface area contributed by atoms with Gasteiger partial charge in [0.2, 0.25) is 0 Å². The number of carbonyl (C=O) groups is 1. The molecule has 5 nitrogen and oxygen atoms in total. The van der Waals surface area contributed by atoms with Crippen molar-refractivity contribution in [3.05, 3.63) is 54.1 Å². The van der Waals surface area contributed by atoms with Crippen molar-refractivity contribution in [2.24, 2.45) is 5.92 Å². The molecule has 0 aliphatic carbocycles. The number of piperidine rings is 1. The maximum absolute atomic E-state index is 13.8. The van der Waals surface area contributed by atoms with Gasteiger partial charge in [0.05, 0.1) is 5.69 Å². The highest BCUT2D eigenvalue weighted by atomic mass is 19.1. The van der Waals surface area contributed by atoms with Crippen LogP contribution in [0.25, 0.3) is 0 Å². The van der Waals surface area contributed by atoms with Gasteiger partial charge < -0.3 is 15.5 Å². The van der Waals surface area contributed by atoms with E-state index >= 15 is 0 Å². The molecule has 1 aliphatic rings. The topological polar surface area (TPSA) is 57.3 Å². The summed E-state index contributed by atoms with van der Waals surface area (Å²) in [4.78, 5) is 18.4. The Morgan fingerprint density at radius 2 is 1.96 bits per heavy atom. The van der Waals surface area contributed by atoms with Crippen LogP contribution < -0.4 is 15.5 Å². The van der Waals surface area contributed by atoms with Gasteiger partial charge >= 0.3 is 6.03 Å². The monoisotopic (exact) mass is 342 g/mol. The van der Waals surface area contributed by atoms with E-state index in [1.165, 1.54) is 11.8 Å². The van der Waals surface area contributed by atoms with Gasteiger partial charge in [-0.2, -0.15) is 0 Å². The number of urea groups is 1. The Morgan fingerprint density at radius 1 is 1.24 bits per heavy atom. The average Bonchev–Trinajstić information content (AvgIpc) is 2.64. The largest absolute Gasteiger partial charge is 0.371 e. The number of para-hydroxylation sites is 1. The van der Waals surface area contributed by atoms with Crippen LogP contribution in [0.5, 0.6) is 0 Å². The van der Waals surface area contributed by atoms with Crippen molar-refractivity contribution in [2.45, 2.75) is 19.8 Å². The van der Waals surface area contributed by atoms with Crippen molar-refractivity contribution in [3.63, 3.8) is 0 Å². The first-order valence-electron chi connectivity index (χ1n) is 8.58. The van der Waals surface area contributed by atoms with Crippen LogP contribution in [0.2, 0.25) is 0 Å². The molecule has 1 saturated heterocycles. The first kappa shape index (κ1) is 17.2. The van der Waals surface area contributed by atoms with Crippen LogP contribution in [0.3, 0.4) is 0 Å². The molecule has 2 amide bonds. The fourth-order valence-corrected chi connectivity index (χ4v) is 3.14. The molecule has 0 radical (unpaired) electrons. The highest BCUT2D eigenvalue weighted by Crippen LogP contribution is 2.22. The summed E-state index contributed by atoms with van der Waals surface area (Å²) >= 11 is 0. The predicted octanol–water partition coefficient (Wildman–Crippen LogP) is 3.57. The Kier molecular flexibility index (Phi) is 5.48. The van der Waals surface area contributed by atoms with Crippen LogP contribution in [-0.2, 0) is 0 Å². The van der Waals surface area contributed by atoms with Crippen molar-refractivity contribution in [2.75, 3.05) is 29.9 Å². The van der Waals surface area contributed by atoms with E-state index in [9.17, 15) is 9.18 Å². The molecule has 1 aromatic heterocycles. The van der Waals surface area contributed by atoms with E-state index in [2.05, 4.69) is 20.5 Å². The van der Waals surface area contributed by atoms with Gasteiger partial charge in [-0.05, 0) is 49.4 Å². The number of nitrogens with one attached hydrogen (secondary N) is 2. The third-order valence-corrected chi connectivity index (χ3v) is 4.65. The summed E-state index contributed by atoms with van der Waals surface area (Å²) in [6.07, 6.45) is 5.64. The maximum Gasteiger partial charge on any atom is 0.319 e. The van der Waals surface area contributed by atoms with Crippen molar-refractivity contribution in [3.8, 4) is 0 Å². The highest BCUT2D eigenvalue weighted by Gasteiger charge is 2.20. The van der Waals surface area contributed by atoms with Crippen molar-refractivity contribution >= 4 is 17.4 Å². The number of aryl methyl sites for hydroxylation is 1. The molecule has 25 heavy (non-hydrogen) atoms. The zero-order valence-electron chi connectivity index (χ0n) is 14.3. The number of amides is 2. The fraction of sp³-hybridized carbons (Fsp3) is 0.368. The van der Waals surface area contributed by atoms with Crippen LogP contribution in [0.1, 0.15) is 18.4 Å². The van der Waals surface area contributed by atoms with Crippen LogP contribution >= 0.6 is 0 Å². The van der Waals surface area contributed by atoms with E-state index in [0.717, 1.165) is 25.9 Å². The molecule has 6 heteroatoms. The molecule has 0 atom stereocenters. The van der Waals surface area contributed by atoms with E-state index < -0.39 is 5.82 Å². The number of nitrogens with zero attached hydrogens (tertiary/aromatic N) is 2. The summed E-state index contributed by atoms with van der Waals surface area (Å²) in [5.41, 5.74) is 2.14. The summed E-state index contributed by atoms with van der Waals surface area (Å²) in [5, 5.41) is 5.47. The van der Waals surface area contributed by atoms with Crippen molar-refractivity contribution in [1.29, 1.82) is 0 Å². The lowest BCUT2D eigenvalue weighted by molar-refractivity contribution is 0.248. The summed E-state index contributed by atoms with van der Waals surface area (Å²) in [7, 11) is 0. The molecule has 1 aliphatic heterocycles. The van der Waals surface area contributed by atoms with E-state index in [1.807, 2.05) is 12.1 Å². The minimum absolute atomic E-state index is 0.243. The molecule has 1 aromatic carbocycles. The Morgan fingerprint density at radius 3 is 2.64 bits per heavy atom. The van der Waals surface area contributed by atoms with E-state index in [-0.39, 0.29) is 11.7 Å². The number of aromatic nitrogens is 1. The van der Waals surface area contributed by atoms with Crippen LogP contribution in [0, 0.1) is 18.7 Å².